The van der Waals surface area contributed by atoms with Gasteiger partial charge in [0.15, 0.2) is 5.11 Å². The number of aromatic nitrogens is 2. The summed E-state index contributed by atoms with van der Waals surface area (Å²) >= 11 is 12.3. The number of benzene rings is 2. The van der Waals surface area contributed by atoms with Crippen molar-refractivity contribution >= 4 is 40.5 Å². The van der Waals surface area contributed by atoms with Crippen molar-refractivity contribution < 1.29 is 9.53 Å². The molecule has 2 unspecified atom stereocenters. The van der Waals surface area contributed by atoms with Crippen LogP contribution in [0.5, 0.6) is 5.75 Å². The lowest BCUT2D eigenvalue weighted by Gasteiger charge is -2.28. The second-order valence-electron chi connectivity index (χ2n) is 9.86. The second kappa shape index (κ2) is 11.7. The third-order valence-corrected chi connectivity index (χ3v) is 8.19. The van der Waals surface area contributed by atoms with Gasteiger partial charge in [-0.3, -0.25) is 9.78 Å². The van der Waals surface area contributed by atoms with E-state index in [0.29, 0.717) is 23.1 Å². The lowest BCUT2D eigenvalue weighted by Crippen LogP contribution is -2.33. The number of nitrogens with zero attached hydrogens (tertiary/aromatic N) is 3. The lowest BCUT2D eigenvalue weighted by atomic mass is 9.96. The minimum atomic E-state index is -0.180. The van der Waals surface area contributed by atoms with Crippen LogP contribution in [0.3, 0.4) is 0 Å². The van der Waals surface area contributed by atoms with E-state index in [1.165, 1.54) is 0 Å². The van der Waals surface area contributed by atoms with Crippen molar-refractivity contribution in [1.82, 2.24) is 19.8 Å². The van der Waals surface area contributed by atoms with E-state index in [2.05, 4.69) is 51.1 Å². The number of carbonyl (C=O) groups is 1. The fourth-order valence-electron chi connectivity index (χ4n) is 5.46. The lowest BCUT2D eigenvalue weighted by molar-refractivity contribution is -0.116. The van der Waals surface area contributed by atoms with E-state index >= 15 is 0 Å². The van der Waals surface area contributed by atoms with E-state index in [9.17, 15) is 4.79 Å². The molecule has 2 aromatic carbocycles. The number of rotatable bonds is 8. The van der Waals surface area contributed by atoms with Crippen molar-refractivity contribution in [2.75, 3.05) is 19.0 Å². The largest absolute Gasteiger partial charge is 0.495 e. The number of para-hydroxylation sites is 2. The number of hydrogen-bond donors (Lipinski definition) is 2. The molecular formula is C31H32ClN5O2S. The van der Waals surface area contributed by atoms with Gasteiger partial charge in [0.2, 0.25) is 5.91 Å². The van der Waals surface area contributed by atoms with E-state index in [0.717, 1.165) is 38.9 Å². The van der Waals surface area contributed by atoms with Crippen molar-refractivity contribution in [3.8, 4) is 11.4 Å². The van der Waals surface area contributed by atoms with Crippen LogP contribution in [0.25, 0.3) is 5.69 Å². The highest BCUT2D eigenvalue weighted by atomic mass is 35.5. The number of methoxy groups -OCH3 is 1. The molecule has 40 heavy (non-hydrogen) atoms. The number of amides is 1. The number of pyridine rings is 1. The van der Waals surface area contributed by atoms with Crippen molar-refractivity contribution in [2.45, 2.75) is 39.3 Å². The zero-order valence-electron chi connectivity index (χ0n) is 22.9. The van der Waals surface area contributed by atoms with E-state index in [1.54, 1.807) is 13.3 Å². The SMILES string of the molecule is COc1ccccc1NC(=O)CCN1C(=S)NC(c2ccccn2)C1c1cc(C)n(-c2cccc(Cl)c2C)c1C. The van der Waals surface area contributed by atoms with Crippen LogP contribution in [0.15, 0.2) is 72.9 Å². The standard InChI is InChI=1S/C31H32ClN5O2S/c1-19-18-22(21(3)37(19)26-13-9-10-23(32)20(26)2)30-29(25-12-7-8-16-33-25)35-31(40)36(30)17-15-28(38)34-24-11-5-6-14-27(24)39-4/h5-14,16,18,29-30H,15,17H2,1-4H3,(H,34,38)(H,35,40). The Kier molecular flexibility index (Phi) is 8.09. The minimum Gasteiger partial charge on any atom is -0.495 e. The van der Waals surface area contributed by atoms with Crippen molar-refractivity contribution in [1.29, 1.82) is 0 Å². The molecule has 206 valence electrons. The maximum absolute atomic E-state index is 13.0. The first-order chi connectivity index (χ1) is 19.3. The highest BCUT2D eigenvalue weighted by Gasteiger charge is 2.41. The summed E-state index contributed by atoms with van der Waals surface area (Å²) in [6.45, 7) is 6.68. The first-order valence-corrected chi connectivity index (χ1v) is 13.9. The normalized spacial score (nSPS) is 16.6. The van der Waals surface area contributed by atoms with E-state index in [4.69, 9.17) is 28.6 Å². The molecule has 0 saturated carbocycles. The van der Waals surface area contributed by atoms with Gasteiger partial charge in [-0.2, -0.15) is 0 Å². The van der Waals surface area contributed by atoms with Gasteiger partial charge < -0.3 is 24.8 Å². The van der Waals surface area contributed by atoms with Gasteiger partial charge in [0.05, 0.1) is 30.6 Å². The topological polar surface area (TPSA) is 71.4 Å². The summed E-state index contributed by atoms with van der Waals surface area (Å²) in [7, 11) is 1.59. The van der Waals surface area contributed by atoms with Gasteiger partial charge in [-0.1, -0.05) is 35.9 Å². The molecule has 0 aliphatic carbocycles. The molecule has 1 saturated heterocycles. The number of carbonyl (C=O) groups excluding carboxylic acids is 1. The molecular weight excluding hydrogens is 542 g/mol. The third kappa shape index (κ3) is 5.29. The molecule has 1 aliphatic rings. The first kappa shape index (κ1) is 27.7. The molecule has 2 aromatic heterocycles. The molecule has 5 rings (SSSR count). The predicted octanol–water partition coefficient (Wildman–Crippen LogP) is 6.46. The number of aryl methyl sites for hydroxylation is 1. The third-order valence-electron chi connectivity index (χ3n) is 7.43. The quantitative estimate of drug-likeness (QED) is 0.236. The number of thiocarbonyl (C=S) groups is 1. The van der Waals surface area contributed by atoms with Gasteiger partial charge >= 0.3 is 0 Å². The summed E-state index contributed by atoms with van der Waals surface area (Å²) in [6.07, 6.45) is 2.04. The number of nitrogens with one attached hydrogen (secondary N) is 2. The van der Waals surface area contributed by atoms with Crippen LogP contribution in [0.4, 0.5) is 5.69 Å². The summed E-state index contributed by atoms with van der Waals surface area (Å²) in [5.41, 5.74) is 6.88. The Labute approximate surface area is 245 Å². The zero-order chi connectivity index (χ0) is 28.4. The van der Waals surface area contributed by atoms with Gasteiger partial charge in [-0.05, 0) is 86.6 Å². The molecule has 1 amide bonds. The molecule has 4 aromatic rings. The first-order valence-electron chi connectivity index (χ1n) is 13.2. The summed E-state index contributed by atoms with van der Waals surface area (Å²) in [5.74, 6) is 0.499. The second-order valence-corrected chi connectivity index (χ2v) is 10.7. The molecule has 9 heteroatoms. The van der Waals surface area contributed by atoms with Gasteiger partial charge in [0.25, 0.3) is 0 Å². The molecule has 7 nitrogen and oxygen atoms in total. The van der Waals surface area contributed by atoms with Crippen LogP contribution in [0, 0.1) is 20.8 Å². The Morgan fingerprint density at radius 2 is 1.88 bits per heavy atom. The van der Waals surface area contributed by atoms with E-state index in [1.807, 2.05) is 61.5 Å². The van der Waals surface area contributed by atoms with E-state index in [-0.39, 0.29) is 24.4 Å². The van der Waals surface area contributed by atoms with Crippen molar-refractivity contribution in [3.63, 3.8) is 0 Å². The minimum absolute atomic E-state index is 0.118. The molecule has 3 heterocycles. The van der Waals surface area contributed by atoms with Crippen LogP contribution in [0.1, 0.15) is 46.7 Å². The summed E-state index contributed by atoms with van der Waals surface area (Å²) in [4.78, 5) is 19.8. The molecule has 1 aliphatic heterocycles. The van der Waals surface area contributed by atoms with Crippen molar-refractivity contribution in [3.05, 3.63) is 106 Å². The fourth-order valence-corrected chi connectivity index (χ4v) is 5.96. The number of anilines is 1. The number of hydrogen-bond acceptors (Lipinski definition) is 4. The Morgan fingerprint density at radius 3 is 2.62 bits per heavy atom. The van der Waals surface area contributed by atoms with Gasteiger partial charge in [0.1, 0.15) is 5.75 Å². The number of ether oxygens (including phenoxy) is 1. The average Bonchev–Trinajstić information content (AvgIpc) is 3.44. The van der Waals surface area contributed by atoms with Gasteiger partial charge in [0, 0.05) is 41.3 Å². The monoisotopic (exact) mass is 573 g/mol. The molecule has 2 atom stereocenters. The van der Waals surface area contributed by atoms with Gasteiger partial charge in [-0.15, -0.1) is 0 Å². The van der Waals surface area contributed by atoms with Crippen molar-refractivity contribution in [2.24, 2.45) is 0 Å². The van der Waals surface area contributed by atoms with Crippen LogP contribution >= 0.6 is 23.8 Å². The van der Waals surface area contributed by atoms with Crippen LogP contribution < -0.4 is 15.4 Å². The maximum atomic E-state index is 13.0. The number of halogens is 1. The smallest absolute Gasteiger partial charge is 0.226 e. The maximum Gasteiger partial charge on any atom is 0.226 e. The average molecular weight is 574 g/mol. The molecule has 2 N–H and O–H groups in total. The molecule has 0 bridgehead atoms. The highest BCUT2D eigenvalue weighted by Crippen LogP contribution is 2.42. The summed E-state index contributed by atoms with van der Waals surface area (Å²) in [5, 5.41) is 7.78. The highest BCUT2D eigenvalue weighted by molar-refractivity contribution is 7.80. The Morgan fingerprint density at radius 1 is 1.10 bits per heavy atom. The molecule has 1 fully saturated rings. The van der Waals surface area contributed by atoms with E-state index < -0.39 is 0 Å². The van der Waals surface area contributed by atoms with Crippen LogP contribution in [-0.2, 0) is 4.79 Å². The van der Waals surface area contributed by atoms with Crippen LogP contribution in [0.2, 0.25) is 5.02 Å². The Hall–Kier alpha value is -3.88. The Bertz CT molecular complexity index is 1550. The summed E-state index contributed by atoms with van der Waals surface area (Å²) < 4.78 is 7.62. The zero-order valence-corrected chi connectivity index (χ0v) is 24.5. The van der Waals surface area contributed by atoms with Gasteiger partial charge in [-0.25, -0.2) is 0 Å². The molecule has 0 radical (unpaired) electrons. The predicted molar refractivity (Wildman–Crippen MR) is 163 cm³/mol. The molecule has 0 spiro atoms. The van der Waals surface area contributed by atoms with Crippen LogP contribution in [-0.4, -0.2) is 39.1 Å². The summed E-state index contributed by atoms with van der Waals surface area (Å²) in [6, 6.07) is 21.1. The Balaban J connectivity index is 1.49. The fraction of sp³-hybridized carbons (Fsp3) is 0.258.